The summed E-state index contributed by atoms with van der Waals surface area (Å²) in [5, 5.41) is 19.4. The number of nitro benzene ring substituents is 1. The van der Waals surface area contributed by atoms with Crippen LogP contribution in [-0.2, 0) is 4.79 Å². The third-order valence-electron chi connectivity index (χ3n) is 4.02. The zero-order valence-electron chi connectivity index (χ0n) is 13.6. The van der Waals surface area contributed by atoms with Gasteiger partial charge >= 0.3 is 0 Å². The first-order chi connectivity index (χ1) is 11.5. The molecule has 0 radical (unpaired) electrons. The van der Waals surface area contributed by atoms with Gasteiger partial charge in [-0.05, 0) is 44.8 Å². The fourth-order valence-corrected chi connectivity index (χ4v) is 2.60. The molecule has 2 rings (SSSR count). The lowest BCUT2D eigenvalue weighted by molar-refractivity contribution is -0.384. The van der Waals surface area contributed by atoms with Crippen molar-refractivity contribution in [1.82, 2.24) is 16.0 Å². The second kappa shape index (κ2) is 8.39. The van der Waals surface area contributed by atoms with Crippen LogP contribution >= 0.6 is 0 Å². The zero-order valence-corrected chi connectivity index (χ0v) is 13.6. The van der Waals surface area contributed by atoms with E-state index in [0.717, 1.165) is 25.9 Å². The van der Waals surface area contributed by atoms with E-state index >= 15 is 0 Å². The van der Waals surface area contributed by atoms with Crippen molar-refractivity contribution in [3.8, 4) is 0 Å². The normalized spacial score (nSPS) is 18.5. The van der Waals surface area contributed by atoms with Crippen LogP contribution in [0.5, 0.6) is 0 Å². The number of amides is 2. The number of piperidine rings is 1. The van der Waals surface area contributed by atoms with Gasteiger partial charge in [-0.15, -0.1) is 0 Å². The summed E-state index contributed by atoms with van der Waals surface area (Å²) in [5.74, 6) is -0.373. The molecule has 0 spiro atoms. The van der Waals surface area contributed by atoms with Gasteiger partial charge in [0.05, 0.1) is 4.92 Å². The van der Waals surface area contributed by atoms with Gasteiger partial charge in [0.15, 0.2) is 0 Å². The van der Waals surface area contributed by atoms with Gasteiger partial charge in [0.2, 0.25) is 5.91 Å². The van der Waals surface area contributed by atoms with E-state index in [4.69, 9.17) is 0 Å². The molecule has 0 aromatic heterocycles. The molecule has 8 heteroatoms. The minimum absolute atomic E-state index is 0.153. The first-order valence-corrected chi connectivity index (χ1v) is 8.01. The Morgan fingerprint density at radius 2 is 2.25 bits per heavy atom. The number of hydrogen-bond donors (Lipinski definition) is 3. The lowest BCUT2D eigenvalue weighted by atomic mass is 10.00. The van der Waals surface area contributed by atoms with Gasteiger partial charge in [-0.3, -0.25) is 19.7 Å². The summed E-state index contributed by atoms with van der Waals surface area (Å²) in [6.07, 6.45) is 2.17. The highest BCUT2D eigenvalue weighted by molar-refractivity contribution is 5.97. The van der Waals surface area contributed by atoms with E-state index in [-0.39, 0.29) is 17.2 Å². The number of carbonyl (C=O) groups excluding carboxylic acids is 2. The number of nitrogens with zero attached hydrogens (tertiary/aromatic N) is 1. The molecule has 3 N–H and O–H groups in total. The molecule has 1 fully saturated rings. The number of nitrogens with one attached hydrogen (secondary N) is 3. The Morgan fingerprint density at radius 1 is 1.46 bits per heavy atom. The lowest BCUT2D eigenvalue weighted by Gasteiger charge is -2.23. The molecule has 1 aromatic rings. The quantitative estimate of drug-likeness (QED) is 0.527. The van der Waals surface area contributed by atoms with E-state index in [1.165, 1.54) is 24.3 Å². The third-order valence-corrected chi connectivity index (χ3v) is 4.02. The van der Waals surface area contributed by atoms with E-state index in [1.54, 1.807) is 6.92 Å². The molecule has 2 amide bonds. The summed E-state index contributed by atoms with van der Waals surface area (Å²) in [5.41, 5.74) is -0.00937. The lowest BCUT2D eigenvalue weighted by Crippen LogP contribution is -2.47. The molecule has 0 saturated carbocycles. The monoisotopic (exact) mass is 334 g/mol. The molecule has 0 bridgehead atoms. The summed E-state index contributed by atoms with van der Waals surface area (Å²) in [6.45, 7) is 4.06. The molecule has 24 heavy (non-hydrogen) atoms. The predicted molar refractivity (Wildman–Crippen MR) is 88.6 cm³/mol. The molecule has 1 aromatic carbocycles. The SMILES string of the molecule is CC(NC(=O)c1cccc([N+](=O)[O-])c1)C(=O)NCC1CCCNC1. The number of non-ortho nitro benzene ring substituents is 1. The van der Waals surface area contributed by atoms with Crippen molar-refractivity contribution in [2.45, 2.75) is 25.8 Å². The van der Waals surface area contributed by atoms with Crippen LogP contribution in [0, 0.1) is 16.0 Å². The molecule has 8 nitrogen and oxygen atoms in total. The van der Waals surface area contributed by atoms with Crippen LogP contribution in [0.4, 0.5) is 5.69 Å². The summed E-state index contributed by atoms with van der Waals surface area (Å²) >= 11 is 0. The van der Waals surface area contributed by atoms with E-state index in [2.05, 4.69) is 16.0 Å². The Morgan fingerprint density at radius 3 is 2.92 bits per heavy atom. The number of nitro groups is 1. The van der Waals surface area contributed by atoms with Crippen LogP contribution in [0.25, 0.3) is 0 Å². The van der Waals surface area contributed by atoms with Crippen molar-refractivity contribution in [3.05, 3.63) is 39.9 Å². The number of hydrogen-bond acceptors (Lipinski definition) is 5. The van der Waals surface area contributed by atoms with E-state index in [0.29, 0.717) is 12.5 Å². The fraction of sp³-hybridized carbons (Fsp3) is 0.500. The maximum atomic E-state index is 12.1. The van der Waals surface area contributed by atoms with Gasteiger partial charge in [-0.1, -0.05) is 6.07 Å². The van der Waals surface area contributed by atoms with Crippen molar-refractivity contribution in [1.29, 1.82) is 0 Å². The van der Waals surface area contributed by atoms with E-state index in [1.807, 2.05) is 0 Å². The standard InChI is InChI=1S/C16H22N4O4/c1-11(15(21)18-10-12-4-3-7-17-9-12)19-16(22)13-5-2-6-14(8-13)20(23)24/h2,5-6,8,11-12,17H,3-4,7,9-10H2,1H3,(H,18,21)(H,19,22). The maximum Gasteiger partial charge on any atom is 0.270 e. The van der Waals surface area contributed by atoms with Gasteiger partial charge in [0, 0.05) is 24.2 Å². The molecule has 2 atom stereocenters. The first kappa shape index (κ1) is 17.9. The summed E-state index contributed by atoms with van der Waals surface area (Å²) < 4.78 is 0. The smallest absolute Gasteiger partial charge is 0.270 e. The molecule has 2 unspecified atom stereocenters. The molecule has 0 aliphatic carbocycles. The van der Waals surface area contributed by atoms with Gasteiger partial charge in [0.25, 0.3) is 11.6 Å². The molecular formula is C16H22N4O4. The van der Waals surface area contributed by atoms with Crippen molar-refractivity contribution in [2.75, 3.05) is 19.6 Å². The highest BCUT2D eigenvalue weighted by atomic mass is 16.6. The molecular weight excluding hydrogens is 312 g/mol. The van der Waals surface area contributed by atoms with Gasteiger partial charge in [0.1, 0.15) is 6.04 Å². The van der Waals surface area contributed by atoms with Gasteiger partial charge < -0.3 is 16.0 Å². The Balaban J connectivity index is 1.84. The predicted octanol–water partition coefficient (Wildman–Crippen LogP) is 0.829. The Bertz CT molecular complexity index is 614. The van der Waals surface area contributed by atoms with Crippen LogP contribution in [0.2, 0.25) is 0 Å². The number of benzene rings is 1. The molecule has 1 aliphatic heterocycles. The third kappa shape index (κ3) is 5.02. The van der Waals surface area contributed by atoms with Crippen molar-refractivity contribution < 1.29 is 14.5 Å². The molecule has 1 heterocycles. The molecule has 130 valence electrons. The van der Waals surface area contributed by atoms with Crippen LogP contribution in [0.3, 0.4) is 0 Å². The Labute approximate surface area is 140 Å². The fourth-order valence-electron chi connectivity index (χ4n) is 2.60. The van der Waals surface area contributed by atoms with Gasteiger partial charge in [-0.2, -0.15) is 0 Å². The summed E-state index contributed by atoms with van der Waals surface area (Å²) in [4.78, 5) is 34.4. The molecule has 1 aliphatic rings. The number of carbonyl (C=O) groups is 2. The largest absolute Gasteiger partial charge is 0.354 e. The van der Waals surface area contributed by atoms with E-state index < -0.39 is 16.9 Å². The van der Waals surface area contributed by atoms with Crippen LogP contribution in [0.1, 0.15) is 30.1 Å². The van der Waals surface area contributed by atoms with Gasteiger partial charge in [-0.25, -0.2) is 0 Å². The average Bonchev–Trinajstić information content (AvgIpc) is 2.60. The zero-order chi connectivity index (χ0) is 17.5. The van der Waals surface area contributed by atoms with E-state index in [9.17, 15) is 19.7 Å². The maximum absolute atomic E-state index is 12.1. The van der Waals surface area contributed by atoms with Crippen molar-refractivity contribution >= 4 is 17.5 Å². The minimum Gasteiger partial charge on any atom is -0.354 e. The first-order valence-electron chi connectivity index (χ1n) is 8.01. The highest BCUT2D eigenvalue weighted by Gasteiger charge is 2.20. The van der Waals surface area contributed by atoms with Crippen LogP contribution < -0.4 is 16.0 Å². The van der Waals surface area contributed by atoms with Crippen LogP contribution in [0.15, 0.2) is 24.3 Å². The van der Waals surface area contributed by atoms with Crippen molar-refractivity contribution in [2.24, 2.45) is 5.92 Å². The second-order valence-electron chi connectivity index (χ2n) is 5.96. The van der Waals surface area contributed by atoms with Crippen LogP contribution in [-0.4, -0.2) is 42.4 Å². The topological polar surface area (TPSA) is 113 Å². The Hall–Kier alpha value is -2.48. The highest BCUT2D eigenvalue weighted by Crippen LogP contribution is 2.13. The summed E-state index contributed by atoms with van der Waals surface area (Å²) in [7, 11) is 0. The average molecular weight is 334 g/mol. The molecule has 1 saturated heterocycles. The second-order valence-corrected chi connectivity index (χ2v) is 5.96. The Kier molecular flexibility index (Phi) is 6.25. The van der Waals surface area contributed by atoms with Crippen molar-refractivity contribution in [3.63, 3.8) is 0 Å². The number of rotatable bonds is 6. The summed E-state index contributed by atoms with van der Waals surface area (Å²) in [6, 6.07) is 4.70. The minimum atomic E-state index is -0.715.